The van der Waals surface area contributed by atoms with E-state index in [4.69, 9.17) is 15.0 Å². The molecule has 3 heteroatoms. The van der Waals surface area contributed by atoms with E-state index in [1.165, 1.54) is 53.9 Å². The summed E-state index contributed by atoms with van der Waals surface area (Å²) < 4.78 is 0. The van der Waals surface area contributed by atoms with E-state index in [-0.39, 0.29) is 0 Å². The van der Waals surface area contributed by atoms with Gasteiger partial charge in [-0.2, -0.15) is 0 Å². The first kappa shape index (κ1) is 28.8. The fourth-order valence-corrected chi connectivity index (χ4v) is 8.34. The van der Waals surface area contributed by atoms with Crippen LogP contribution in [0.1, 0.15) is 0 Å². The number of nitrogens with zero attached hydrogens (tertiary/aromatic N) is 3. The molecule has 240 valence electrons. The second-order valence-electron chi connectivity index (χ2n) is 13.5. The Balaban J connectivity index is 1.29. The SMILES string of the molecule is c1ccc(-c2nc(-c3c4ccccc4cc4c3ccc3ccccc34)nc(-c3cc4c5ccccc5c5ccccc5c4c4ccccc34)n2)cc1. The smallest absolute Gasteiger partial charge is 0.165 e. The summed E-state index contributed by atoms with van der Waals surface area (Å²) in [6.07, 6.45) is 0. The lowest BCUT2D eigenvalue weighted by molar-refractivity contribution is 1.08. The summed E-state index contributed by atoms with van der Waals surface area (Å²) in [6.45, 7) is 0. The van der Waals surface area contributed by atoms with Crippen molar-refractivity contribution in [3.63, 3.8) is 0 Å². The third-order valence-electron chi connectivity index (χ3n) is 10.7. The van der Waals surface area contributed by atoms with Gasteiger partial charge in [0, 0.05) is 16.7 Å². The summed E-state index contributed by atoms with van der Waals surface area (Å²) in [4.78, 5) is 16.0. The molecule has 0 radical (unpaired) electrons. The molecule has 0 saturated carbocycles. The van der Waals surface area contributed by atoms with Crippen LogP contribution in [-0.4, -0.2) is 15.0 Å². The Labute approximate surface area is 299 Å². The molecular weight excluding hydrogens is 631 g/mol. The largest absolute Gasteiger partial charge is 0.208 e. The van der Waals surface area contributed by atoms with Crippen molar-refractivity contribution >= 4 is 75.4 Å². The number of fused-ring (bicyclic) bond motifs is 12. The summed E-state index contributed by atoms with van der Waals surface area (Å²) in [5, 5.41) is 16.7. The zero-order valence-corrected chi connectivity index (χ0v) is 28.1. The van der Waals surface area contributed by atoms with Gasteiger partial charge in [0.2, 0.25) is 0 Å². The summed E-state index contributed by atoms with van der Waals surface area (Å²) >= 11 is 0. The standard InChI is InChI=1S/C49H29N3/c1-2-15-31(16-3-1)47-50-48(52-49(51-47)46-34-19-7-5-17-32(34)28-42-33-18-6-4-14-30(33)26-27-41(42)46)44-29-43-37-22-9-8-20-35(37)36-21-10-12-24-39(36)45(43)40-25-13-11-23-38(40)44/h1-29H. The van der Waals surface area contributed by atoms with E-state index in [1.807, 2.05) is 18.2 Å². The molecule has 10 aromatic carbocycles. The van der Waals surface area contributed by atoms with Gasteiger partial charge in [-0.3, -0.25) is 0 Å². The Morgan fingerprint density at radius 3 is 1.54 bits per heavy atom. The minimum Gasteiger partial charge on any atom is -0.208 e. The van der Waals surface area contributed by atoms with Gasteiger partial charge in [0.15, 0.2) is 17.5 Å². The van der Waals surface area contributed by atoms with E-state index in [2.05, 4.69) is 158 Å². The first-order valence-electron chi connectivity index (χ1n) is 17.7. The number of rotatable bonds is 3. The third-order valence-corrected chi connectivity index (χ3v) is 10.7. The van der Waals surface area contributed by atoms with Crippen LogP contribution in [0.4, 0.5) is 0 Å². The molecule has 3 nitrogen and oxygen atoms in total. The lowest BCUT2D eigenvalue weighted by Crippen LogP contribution is -2.02. The van der Waals surface area contributed by atoms with Crippen LogP contribution in [0.3, 0.4) is 0 Å². The number of benzene rings is 10. The lowest BCUT2D eigenvalue weighted by atomic mass is 9.89. The highest BCUT2D eigenvalue weighted by Gasteiger charge is 2.21. The molecule has 0 unspecified atom stereocenters. The number of aromatic nitrogens is 3. The average molecular weight is 660 g/mol. The highest BCUT2D eigenvalue weighted by Crippen LogP contribution is 2.44. The average Bonchev–Trinajstić information content (AvgIpc) is 3.22. The molecule has 0 aliphatic rings. The van der Waals surface area contributed by atoms with E-state index in [0.717, 1.165) is 38.2 Å². The molecule has 0 amide bonds. The molecule has 0 saturated heterocycles. The lowest BCUT2D eigenvalue weighted by Gasteiger charge is -2.17. The Morgan fingerprint density at radius 2 is 0.788 bits per heavy atom. The van der Waals surface area contributed by atoms with Crippen molar-refractivity contribution in [1.29, 1.82) is 0 Å². The molecule has 0 fully saturated rings. The predicted octanol–water partition coefficient (Wildman–Crippen LogP) is 12.9. The second-order valence-corrected chi connectivity index (χ2v) is 13.5. The van der Waals surface area contributed by atoms with E-state index >= 15 is 0 Å². The van der Waals surface area contributed by atoms with Gasteiger partial charge in [-0.15, -0.1) is 0 Å². The molecule has 1 heterocycles. The molecule has 0 aliphatic carbocycles. The van der Waals surface area contributed by atoms with Crippen molar-refractivity contribution in [3.8, 4) is 34.2 Å². The third kappa shape index (κ3) is 4.30. The normalized spacial score (nSPS) is 11.8. The monoisotopic (exact) mass is 659 g/mol. The van der Waals surface area contributed by atoms with Crippen molar-refractivity contribution in [2.24, 2.45) is 0 Å². The molecule has 0 bridgehead atoms. The molecule has 1 aromatic heterocycles. The van der Waals surface area contributed by atoms with Gasteiger partial charge in [0.25, 0.3) is 0 Å². The van der Waals surface area contributed by atoms with Crippen molar-refractivity contribution in [1.82, 2.24) is 15.0 Å². The minimum atomic E-state index is 0.648. The van der Waals surface area contributed by atoms with Crippen LogP contribution in [0.5, 0.6) is 0 Å². The zero-order valence-electron chi connectivity index (χ0n) is 28.1. The van der Waals surface area contributed by atoms with Crippen molar-refractivity contribution in [2.45, 2.75) is 0 Å². The van der Waals surface area contributed by atoms with E-state index in [9.17, 15) is 0 Å². The maximum absolute atomic E-state index is 5.46. The Hall–Kier alpha value is -6.97. The first-order chi connectivity index (χ1) is 25.8. The van der Waals surface area contributed by atoms with Crippen LogP contribution >= 0.6 is 0 Å². The van der Waals surface area contributed by atoms with Crippen molar-refractivity contribution < 1.29 is 0 Å². The van der Waals surface area contributed by atoms with E-state index in [0.29, 0.717) is 17.5 Å². The van der Waals surface area contributed by atoms with E-state index < -0.39 is 0 Å². The molecular formula is C49H29N3. The summed E-state index contributed by atoms with van der Waals surface area (Å²) in [7, 11) is 0. The van der Waals surface area contributed by atoms with Gasteiger partial charge in [-0.1, -0.05) is 164 Å². The Morgan fingerprint density at radius 1 is 0.269 bits per heavy atom. The van der Waals surface area contributed by atoms with Gasteiger partial charge in [-0.05, 0) is 87.5 Å². The number of hydrogen-bond donors (Lipinski definition) is 0. The number of hydrogen-bond acceptors (Lipinski definition) is 3. The fraction of sp³-hybridized carbons (Fsp3) is 0. The van der Waals surface area contributed by atoms with Crippen LogP contribution in [0, 0.1) is 0 Å². The van der Waals surface area contributed by atoms with Crippen LogP contribution in [0.25, 0.3) is 110 Å². The Kier molecular flexibility index (Phi) is 6.25. The molecule has 11 aromatic rings. The van der Waals surface area contributed by atoms with Gasteiger partial charge in [0.05, 0.1) is 0 Å². The molecule has 52 heavy (non-hydrogen) atoms. The van der Waals surface area contributed by atoms with E-state index in [1.54, 1.807) is 0 Å². The van der Waals surface area contributed by atoms with Gasteiger partial charge in [-0.25, -0.2) is 15.0 Å². The molecule has 0 spiro atoms. The van der Waals surface area contributed by atoms with Gasteiger partial charge < -0.3 is 0 Å². The highest BCUT2D eigenvalue weighted by molar-refractivity contribution is 6.33. The maximum Gasteiger partial charge on any atom is 0.165 e. The molecule has 0 atom stereocenters. The first-order valence-corrected chi connectivity index (χ1v) is 17.7. The summed E-state index contributed by atoms with van der Waals surface area (Å²) in [6, 6.07) is 62.7. The zero-order chi connectivity index (χ0) is 34.2. The van der Waals surface area contributed by atoms with Crippen molar-refractivity contribution in [3.05, 3.63) is 176 Å². The van der Waals surface area contributed by atoms with Gasteiger partial charge >= 0.3 is 0 Å². The van der Waals surface area contributed by atoms with Crippen LogP contribution in [-0.2, 0) is 0 Å². The van der Waals surface area contributed by atoms with Crippen molar-refractivity contribution in [2.75, 3.05) is 0 Å². The quantitative estimate of drug-likeness (QED) is 0.140. The molecule has 11 rings (SSSR count). The van der Waals surface area contributed by atoms with Crippen LogP contribution in [0.15, 0.2) is 176 Å². The summed E-state index contributed by atoms with van der Waals surface area (Å²) in [5.41, 5.74) is 2.95. The van der Waals surface area contributed by atoms with Crippen LogP contribution < -0.4 is 0 Å². The Bertz CT molecular complexity index is 3240. The van der Waals surface area contributed by atoms with Gasteiger partial charge in [0.1, 0.15) is 0 Å². The second kappa shape index (κ2) is 11.3. The topological polar surface area (TPSA) is 38.7 Å². The highest BCUT2D eigenvalue weighted by atomic mass is 15.0. The molecule has 0 aliphatic heterocycles. The predicted molar refractivity (Wildman–Crippen MR) is 219 cm³/mol. The molecule has 0 N–H and O–H groups in total. The maximum atomic E-state index is 5.46. The minimum absolute atomic E-state index is 0.648. The summed E-state index contributed by atoms with van der Waals surface area (Å²) in [5.74, 6) is 1.96. The van der Waals surface area contributed by atoms with Crippen LogP contribution in [0.2, 0.25) is 0 Å². The fourth-order valence-electron chi connectivity index (χ4n) is 8.34.